The molecule has 13 heteroatoms. The number of non-ortho nitro benzene ring substituents is 1. The van der Waals surface area contributed by atoms with Crippen LogP contribution in [0.25, 0.3) is 10.3 Å². The highest BCUT2D eigenvalue weighted by atomic mass is 32.2. The lowest BCUT2D eigenvalue weighted by atomic mass is 10.2. The summed E-state index contributed by atoms with van der Waals surface area (Å²) in [5.41, 5.74) is 6.08. The van der Waals surface area contributed by atoms with Crippen molar-refractivity contribution in [3.8, 4) is 0 Å². The minimum Gasteiger partial charge on any atom is -0.502 e. The number of aromatic nitrogens is 3. The van der Waals surface area contributed by atoms with Gasteiger partial charge < -0.3 is 9.51 Å². The lowest BCUT2D eigenvalue weighted by Gasteiger charge is -2.24. The number of hydrogen-bond donors (Lipinski definition) is 0. The van der Waals surface area contributed by atoms with Gasteiger partial charge in [0.1, 0.15) is 16.4 Å². The fourth-order valence-corrected chi connectivity index (χ4v) is 3.91. The highest BCUT2D eigenvalue weighted by molar-refractivity contribution is 7.93. The minimum atomic E-state index is -4.06. The molecule has 4 aromatic rings. The Balaban J connectivity index is 1.61. The van der Waals surface area contributed by atoms with E-state index >= 15 is 0 Å². The van der Waals surface area contributed by atoms with E-state index in [1.807, 2.05) is 37.3 Å². The van der Waals surface area contributed by atoms with E-state index in [0.29, 0.717) is 5.69 Å². The van der Waals surface area contributed by atoms with E-state index in [0.717, 1.165) is 15.8 Å². The van der Waals surface area contributed by atoms with Gasteiger partial charge in [0.2, 0.25) is 5.95 Å². The molecule has 0 unspecified atom stereocenters. The fourth-order valence-electron chi connectivity index (χ4n) is 2.98. The molecule has 0 saturated heterocycles. The van der Waals surface area contributed by atoms with Crippen LogP contribution >= 0.6 is 0 Å². The van der Waals surface area contributed by atoms with Crippen LogP contribution in [-0.2, 0) is 16.6 Å². The average molecular weight is 492 g/mol. The van der Waals surface area contributed by atoms with Gasteiger partial charge in [-0.2, -0.15) is 5.10 Å². The summed E-state index contributed by atoms with van der Waals surface area (Å²) in [4.78, 5) is 14.1. The van der Waals surface area contributed by atoms with Gasteiger partial charge in [-0.1, -0.05) is 53.5 Å². The van der Waals surface area contributed by atoms with Crippen molar-refractivity contribution in [1.29, 1.82) is 0 Å². The van der Waals surface area contributed by atoms with Crippen LogP contribution in [0.5, 0.6) is 0 Å². The van der Waals surface area contributed by atoms with Crippen LogP contribution < -0.4 is 4.68 Å². The summed E-state index contributed by atoms with van der Waals surface area (Å²) in [6.45, 7) is 2.13. The highest BCUT2D eigenvalue weighted by Crippen LogP contribution is 2.23. The molecule has 4 rings (SSSR count). The summed E-state index contributed by atoms with van der Waals surface area (Å²) in [5.74, 6) is 0.00945. The zero-order chi connectivity index (χ0) is 24.8. The van der Waals surface area contributed by atoms with E-state index < -0.39 is 14.9 Å². The topological polar surface area (TPSA) is 152 Å². The predicted molar refractivity (Wildman–Crippen MR) is 126 cm³/mol. The molecule has 0 saturated carbocycles. The van der Waals surface area contributed by atoms with Crippen LogP contribution in [0.4, 0.5) is 17.3 Å². The Kier molecular flexibility index (Phi) is 6.78. The standard InChI is InChI=1S/C22H19N8O4S/c1-17-7-13-21(14-8-17)35(33,34)27-29-16-23-28(15-18-5-3-2-4-6-18)22(29)25-26-24-19-9-11-20(12-10-19)30(31)32/h2-14,16H,15H2,1H3/q-1. The maximum atomic E-state index is 12.8. The Bertz CT molecular complexity index is 1450. The lowest BCUT2D eigenvalue weighted by Crippen LogP contribution is -2.31. The zero-order valence-corrected chi connectivity index (χ0v) is 19.2. The van der Waals surface area contributed by atoms with E-state index in [4.69, 9.17) is 0 Å². The second-order valence-corrected chi connectivity index (χ2v) is 8.94. The lowest BCUT2D eigenvalue weighted by molar-refractivity contribution is -0.598. The third-order valence-corrected chi connectivity index (χ3v) is 6.04. The molecule has 1 aromatic heterocycles. The first-order chi connectivity index (χ1) is 16.8. The molecule has 1 heterocycles. The molecule has 0 fully saturated rings. The molecule has 0 aliphatic heterocycles. The minimum absolute atomic E-state index is 0.00945. The van der Waals surface area contributed by atoms with Gasteiger partial charge in [0.25, 0.3) is 5.69 Å². The van der Waals surface area contributed by atoms with Crippen LogP contribution in [-0.4, -0.2) is 23.1 Å². The highest BCUT2D eigenvalue weighted by Gasteiger charge is 2.12. The first kappa shape index (κ1) is 23.5. The molecule has 0 atom stereocenters. The van der Waals surface area contributed by atoms with Crippen molar-refractivity contribution in [1.82, 2.24) is 9.78 Å². The normalized spacial score (nSPS) is 11.5. The largest absolute Gasteiger partial charge is 0.502 e. The summed E-state index contributed by atoms with van der Waals surface area (Å²) in [6, 6.07) is 21.1. The summed E-state index contributed by atoms with van der Waals surface area (Å²) < 4.78 is 28.1. The van der Waals surface area contributed by atoms with E-state index in [-0.39, 0.29) is 23.1 Å². The molecule has 0 spiro atoms. The Labute approximate surface area is 200 Å². The smallest absolute Gasteiger partial charge is 0.269 e. The van der Waals surface area contributed by atoms with E-state index in [1.165, 1.54) is 47.4 Å². The maximum absolute atomic E-state index is 12.8. The summed E-state index contributed by atoms with van der Waals surface area (Å²) in [6.07, 6.45) is 1.22. The van der Waals surface area contributed by atoms with E-state index in [2.05, 4.69) is 25.7 Å². The number of nitro groups is 1. The number of hydrogen-bond acceptors (Lipinski definition) is 7. The molecule has 0 radical (unpaired) electrons. The molecule has 3 aromatic carbocycles. The summed E-state index contributed by atoms with van der Waals surface area (Å²) >= 11 is 0. The van der Waals surface area contributed by atoms with Crippen molar-refractivity contribution in [2.75, 3.05) is 0 Å². The van der Waals surface area contributed by atoms with Crippen LogP contribution in [0.3, 0.4) is 0 Å². The molecule has 0 N–H and O–H groups in total. The molecular weight excluding hydrogens is 472 g/mol. The first-order valence-corrected chi connectivity index (χ1v) is 11.7. The van der Waals surface area contributed by atoms with Gasteiger partial charge in [-0.25, -0.2) is 13.1 Å². The van der Waals surface area contributed by atoms with Gasteiger partial charge in [-0.3, -0.25) is 10.1 Å². The monoisotopic (exact) mass is 491 g/mol. The van der Waals surface area contributed by atoms with Gasteiger partial charge in [-0.05, 0) is 42.0 Å². The van der Waals surface area contributed by atoms with Crippen molar-refractivity contribution in [3.63, 3.8) is 0 Å². The number of sulfonamides is 1. The number of benzene rings is 3. The second kappa shape index (κ2) is 10.1. The predicted octanol–water partition coefficient (Wildman–Crippen LogP) is 4.67. The first-order valence-electron chi connectivity index (χ1n) is 10.2. The van der Waals surface area contributed by atoms with E-state index in [9.17, 15) is 18.5 Å². The zero-order valence-electron chi connectivity index (χ0n) is 18.4. The third-order valence-electron chi connectivity index (χ3n) is 4.78. The molecule has 0 amide bonds. The third kappa shape index (κ3) is 5.83. The Morgan fingerprint density at radius 1 is 1.03 bits per heavy atom. The number of aryl methyl sites for hydroxylation is 1. The van der Waals surface area contributed by atoms with Gasteiger partial charge in [0, 0.05) is 12.1 Å². The Morgan fingerprint density at radius 2 is 1.71 bits per heavy atom. The Morgan fingerprint density at radius 3 is 2.37 bits per heavy atom. The molecular formula is C22H19N8O4S-. The van der Waals surface area contributed by atoms with Crippen LogP contribution in [0, 0.1) is 17.0 Å². The Hall–Kier alpha value is -4.65. The van der Waals surface area contributed by atoms with Crippen LogP contribution in [0.15, 0.2) is 100 Å². The number of nitro benzene ring substituents is 1. The average Bonchev–Trinajstić information content (AvgIpc) is 3.20. The number of rotatable bonds is 9. The molecule has 12 nitrogen and oxygen atoms in total. The van der Waals surface area contributed by atoms with E-state index in [1.54, 1.807) is 12.1 Å². The molecule has 35 heavy (non-hydrogen) atoms. The molecule has 0 aliphatic carbocycles. The quantitative estimate of drug-likeness (QED) is 0.144. The van der Waals surface area contributed by atoms with Crippen molar-refractivity contribution >= 4 is 27.3 Å². The van der Waals surface area contributed by atoms with Gasteiger partial charge in [0.05, 0.1) is 22.1 Å². The maximum Gasteiger partial charge on any atom is 0.269 e. The van der Waals surface area contributed by atoms with Crippen molar-refractivity contribution in [2.24, 2.45) is 10.3 Å². The van der Waals surface area contributed by atoms with Crippen molar-refractivity contribution < 1.29 is 18.0 Å². The van der Waals surface area contributed by atoms with Crippen molar-refractivity contribution in [2.45, 2.75) is 18.4 Å². The molecule has 178 valence electrons. The molecule has 0 bridgehead atoms. The second-order valence-electron chi connectivity index (χ2n) is 7.35. The van der Waals surface area contributed by atoms with Crippen LogP contribution in [0.1, 0.15) is 11.1 Å². The number of nitrogens with zero attached hydrogens (tertiary/aromatic N) is 8. The summed E-state index contributed by atoms with van der Waals surface area (Å²) in [5, 5.41) is 22.7. The SMILES string of the molecule is Cc1ccc(S(=O)(=O)[N-][n+]2cnn(Cc3ccccc3)c2[N-]N=Nc2ccc([N+](=O)[O-])cc2)cc1. The summed E-state index contributed by atoms with van der Waals surface area (Å²) in [7, 11) is -4.06. The van der Waals surface area contributed by atoms with Gasteiger partial charge >= 0.3 is 0 Å². The van der Waals surface area contributed by atoms with Gasteiger partial charge in [0.15, 0.2) is 0 Å². The molecule has 0 aliphatic rings. The van der Waals surface area contributed by atoms with Crippen LogP contribution in [0.2, 0.25) is 0 Å². The van der Waals surface area contributed by atoms with Gasteiger partial charge in [-0.15, -0.1) is 5.11 Å². The van der Waals surface area contributed by atoms with Crippen molar-refractivity contribution in [3.05, 3.63) is 117 Å². The fraction of sp³-hybridized carbons (Fsp3) is 0.0909.